The van der Waals surface area contributed by atoms with Crippen molar-refractivity contribution >= 4 is 32.9 Å². The predicted octanol–water partition coefficient (Wildman–Crippen LogP) is 3.92. The number of carbonyl (C=O) groups is 1. The quantitative estimate of drug-likeness (QED) is 0.500. The van der Waals surface area contributed by atoms with E-state index < -0.39 is 11.6 Å². The van der Waals surface area contributed by atoms with Gasteiger partial charge in [-0.05, 0) is 40.2 Å². The van der Waals surface area contributed by atoms with E-state index in [4.69, 9.17) is 13.9 Å². The lowest BCUT2D eigenvalue weighted by atomic mass is 10.1. The molecule has 0 fully saturated rings. The molecule has 0 aliphatic heterocycles. The van der Waals surface area contributed by atoms with E-state index in [1.807, 2.05) is 6.07 Å². The van der Waals surface area contributed by atoms with Crippen LogP contribution in [-0.4, -0.2) is 13.1 Å². The van der Waals surface area contributed by atoms with Gasteiger partial charge in [-0.25, -0.2) is 9.59 Å². The zero-order valence-electron chi connectivity index (χ0n) is 12.7. The van der Waals surface area contributed by atoms with Gasteiger partial charge in [0.25, 0.3) is 0 Å². The SMILES string of the molecule is COc1ccc2c(COC(=O)c3ccccc3Br)cc(=O)oc2c1. The molecule has 5 nitrogen and oxygen atoms in total. The Kier molecular flexibility index (Phi) is 4.66. The molecule has 3 aromatic rings. The third-order valence-electron chi connectivity index (χ3n) is 3.49. The van der Waals surface area contributed by atoms with Crippen LogP contribution in [-0.2, 0) is 11.3 Å². The number of rotatable bonds is 4. The number of methoxy groups -OCH3 is 1. The van der Waals surface area contributed by atoms with Gasteiger partial charge in [0.15, 0.2) is 0 Å². The maximum absolute atomic E-state index is 12.2. The zero-order valence-corrected chi connectivity index (χ0v) is 14.3. The number of ether oxygens (including phenoxy) is 2. The summed E-state index contributed by atoms with van der Waals surface area (Å²) in [6.45, 7) is -0.0331. The second-order valence-electron chi connectivity index (χ2n) is 5.01. The summed E-state index contributed by atoms with van der Waals surface area (Å²) in [6, 6.07) is 13.4. The standard InChI is InChI=1S/C18H13BrO5/c1-22-12-6-7-13-11(8-17(20)24-16(13)9-12)10-23-18(21)14-4-2-3-5-15(14)19/h2-9H,10H2,1H3. The second kappa shape index (κ2) is 6.88. The Labute approximate surface area is 145 Å². The molecule has 0 radical (unpaired) electrons. The average Bonchev–Trinajstić information content (AvgIpc) is 2.59. The van der Waals surface area contributed by atoms with Crippen LogP contribution < -0.4 is 10.4 Å². The highest BCUT2D eigenvalue weighted by atomic mass is 79.9. The highest BCUT2D eigenvalue weighted by molar-refractivity contribution is 9.10. The molecule has 6 heteroatoms. The molecular weight excluding hydrogens is 376 g/mol. The average molecular weight is 389 g/mol. The van der Waals surface area contributed by atoms with E-state index in [2.05, 4.69) is 15.9 Å². The largest absolute Gasteiger partial charge is 0.497 e. The predicted molar refractivity (Wildman–Crippen MR) is 92.3 cm³/mol. The maximum Gasteiger partial charge on any atom is 0.339 e. The summed E-state index contributed by atoms with van der Waals surface area (Å²) in [7, 11) is 1.53. The van der Waals surface area contributed by atoms with E-state index in [1.54, 1.807) is 36.4 Å². The number of hydrogen-bond donors (Lipinski definition) is 0. The van der Waals surface area contributed by atoms with Crippen LogP contribution in [0.25, 0.3) is 11.0 Å². The van der Waals surface area contributed by atoms with Crippen molar-refractivity contribution in [3.05, 3.63) is 74.6 Å². The number of fused-ring (bicyclic) bond motifs is 1. The molecular formula is C18H13BrO5. The van der Waals surface area contributed by atoms with E-state index in [9.17, 15) is 9.59 Å². The lowest BCUT2D eigenvalue weighted by Gasteiger charge is -2.09. The normalized spacial score (nSPS) is 10.6. The Morgan fingerprint density at radius 3 is 2.71 bits per heavy atom. The van der Waals surface area contributed by atoms with Crippen LogP contribution in [0.2, 0.25) is 0 Å². The first kappa shape index (κ1) is 16.3. The second-order valence-corrected chi connectivity index (χ2v) is 5.86. The third-order valence-corrected chi connectivity index (χ3v) is 4.18. The Morgan fingerprint density at radius 1 is 1.17 bits per heavy atom. The topological polar surface area (TPSA) is 65.7 Å². The maximum atomic E-state index is 12.2. The van der Waals surface area contributed by atoms with Crippen molar-refractivity contribution in [2.75, 3.05) is 7.11 Å². The smallest absolute Gasteiger partial charge is 0.339 e. The fourth-order valence-electron chi connectivity index (χ4n) is 2.30. The van der Waals surface area contributed by atoms with Crippen LogP contribution in [0.4, 0.5) is 0 Å². The lowest BCUT2D eigenvalue weighted by molar-refractivity contribution is 0.0472. The zero-order chi connectivity index (χ0) is 17.1. The summed E-state index contributed by atoms with van der Waals surface area (Å²) in [5.41, 5.74) is 0.868. The Bertz CT molecular complexity index is 961. The Balaban J connectivity index is 1.89. The van der Waals surface area contributed by atoms with Crippen molar-refractivity contribution in [2.24, 2.45) is 0 Å². The highest BCUT2D eigenvalue weighted by Crippen LogP contribution is 2.24. The number of carbonyl (C=O) groups excluding carboxylic acids is 1. The Morgan fingerprint density at radius 2 is 1.96 bits per heavy atom. The summed E-state index contributed by atoms with van der Waals surface area (Å²) >= 11 is 3.31. The van der Waals surface area contributed by atoms with Crippen molar-refractivity contribution < 1.29 is 18.7 Å². The first-order chi connectivity index (χ1) is 11.6. The van der Waals surface area contributed by atoms with Crippen LogP contribution >= 0.6 is 15.9 Å². The van der Waals surface area contributed by atoms with Crippen LogP contribution in [0.15, 0.2) is 62.2 Å². The van der Waals surface area contributed by atoms with Gasteiger partial charge in [0.05, 0.1) is 12.7 Å². The molecule has 0 aliphatic carbocycles. The molecule has 0 aliphatic rings. The van der Waals surface area contributed by atoms with Gasteiger partial charge < -0.3 is 13.9 Å². The minimum atomic E-state index is -0.511. The highest BCUT2D eigenvalue weighted by Gasteiger charge is 2.13. The van der Waals surface area contributed by atoms with Crippen LogP contribution in [0.1, 0.15) is 15.9 Å². The molecule has 0 saturated heterocycles. The van der Waals surface area contributed by atoms with E-state index >= 15 is 0 Å². The van der Waals surface area contributed by atoms with Crippen LogP contribution in [0.5, 0.6) is 5.75 Å². The summed E-state index contributed by atoms with van der Waals surface area (Å²) in [5, 5.41) is 0.690. The first-order valence-electron chi connectivity index (χ1n) is 7.11. The minimum Gasteiger partial charge on any atom is -0.497 e. The summed E-state index contributed by atoms with van der Waals surface area (Å²) in [5.74, 6) is 0.102. The molecule has 122 valence electrons. The first-order valence-corrected chi connectivity index (χ1v) is 7.90. The molecule has 0 spiro atoms. The lowest BCUT2D eigenvalue weighted by Crippen LogP contribution is -2.08. The van der Waals surface area contributed by atoms with E-state index in [0.29, 0.717) is 32.3 Å². The summed E-state index contributed by atoms with van der Waals surface area (Å²) < 4.78 is 16.3. The number of esters is 1. The van der Waals surface area contributed by atoms with Gasteiger partial charge in [-0.3, -0.25) is 0 Å². The van der Waals surface area contributed by atoms with Gasteiger partial charge in [-0.15, -0.1) is 0 Å². The summed E-state index contributed by atoms with van der Waals surface area (Å²) in [4.78, 5) is 23.9. The van der Waals surface area contributed by atoms with E-state index in [0.717, 1.165) is 0 Å². The van der Waals surface area contributed by atoms with Crippen molar-refractivity contribution in [2.45, 2.75) is 6.61 Å². The monoisotopic (exact) mass is 388 g/mol. The van der Waals surface area contributed by atoms with Gasteiger partial charge >= 0.3 is 11.6 Å². The minimum absolute atomic E-state index is 0.0331. The molecule has 1 heterocycles. The molecule has 24 heavy (non-hydrogen) atoms. The van der Waals surface area contributed by atoms with Crippen molar-refractivity contribution in [3.8, 4) is 5.75 Å². The third kappa shape index (κ3) is 3.33. The van der Waals surface area contributed by atoms with Crippen molar-refractivity contribution in [3.63, 3.8) is 0 Å². The van der Waals surface area contributed by atoms with Gasteiger partial charge in [0.2, 0.25) is 0 Å². The summed E-state index contributed by atoms with van der Waals surface area (Å²) in [6.07, 6.45) is 0. The molecule has 0 N–H and O–H groups in total. The molecule has 2 aromatic carbocycles. The van der Waals surface area contributed by atoms with Gasteiger partial charge in [-0.1, -0.05) is 12.1 Å². The van der Waals surface area contributed by atoms with Gasteiger partial charge in [0.1, 0.15) is 17.9 Å². The van der Waals surface area contributed by atoms with Crippen LogP contribution in [0.3, 0.4) is 0 Å². The van der Waals surface area contributed by atoms with E-state index in [-0.39, 0.29) is 6.61 Å². The van der Waals surface area contributed by atoms with Crippen LogP contribution in [0, 0.1) is 0 Å². The van der Waals surface area contributed by atoms with Crippen molar-refractivity contribution in [1.29, 1.82) is 0 Å². The number of hydrogen-bond acceptors (Lipinski definition) is 5. The van der Waals surface area contributed by atoms with Gasteiger partial charge in [-0.2, -0.15) is 0 Å². The van der Waals surface area contributed by atoms with Gasteiger partial charge in [0, 0.05) is 27.6 Å². The molecule has 0 unspecified atom stereocenters. The fourth-order valence-corrected chi connectivity index (χ4v) is 2.75. The molecule has 0 amide bonds. The molecule has 0 bridgehead atoms. The molecule has 3 rings (SSSR count). The molecule has 0 saturated carbocycles. The number of benzene rings is 2. The Hall–Kier alpha value is -2.60. The molecule has 1 aromatic heterocycles. The fraction of sp³-hybridized carbons (Fsp3) is 0.111. The van der Waals surface area contributed by atoms with Crippen molar-refractivity contribution in [1.82, 2.24) is 0 Å². The van der Waals surface area contributed by atoms with E-state index in [1.165, 1.54) is 13.2 Å². The molecule has 0 atom stereocenters. The number of halogens is 1.